The first-order chi connectivity index (χ1) is 9.66. The molecule has 2 N–H and O–H groups in total. The van der Waals surface area contributed by atoms with E-state index in [1.54, 1.807) is 6.92 Å². The monoisotopic (exact) mass is 266 g/mol. The highest BCUT2D eigenvalue weighted by atomic mass is 16.4. The van der Waals surface area contributed by atoms with Gasteiger partial charge in [0.25, 0.3) is 0 Å². The third kappa shape index (κ3) is 1.45. The van der Waals surface area contributed by atoms with Crippen molar-refractivity contribution in [3.63, 3.8) is 0 Å². The summed E-state index contributed by atoms with van der Waals surface area (Å²) in [6, 6.07) is 12.6. The fourth-order valence-corrected chi connectivity index (χ4v) is 3.03. The molecule has 0 spiro atoms. The van der Waals surface area contributed by atoms with Gasteiger partial charge in [0.15, 0.2) is 0 Å². The lowest BCUT2D eigenvalue weighted by Crippen LogP contribution is -2.15. The highest BCUT2D eigenvalue weighted by Crippen LogP contribution is 2.47. The van der Waals surface area contributed by atoms with E-state index >= 15 is 0 Å². The van der Waals surface area contributed by atoms with E-state index in [-0.39, 0.29) is 12.2 Å². The van der Waals surface area contributed by atoms with E-state index in [2.05, 4.69) is 34.5 Å². The Balaban J connectivity index is 1.81. The molecule has 2 aromatic carbocycles. The van der Waals surface area contributed by atoms with Gasteiger partial charge in [-0.1, -0.05) is 24.3 Å². The van der Waals surface area contributed by atoms with Crippen molar-refractivity contribution in [2.45, 2.75) is 19.1 Å². The molecule has 1 fully saturated rings. The molecular weight excluding hydrogens is 252 g/mol. The predicted molar refractivity (Wildman–Crippen MR) is 79.0 cm³/mol. The molecule has 0 amide bonds. The third-order valence-corrected chi connectivity index (χ3v) is 4.08. The summed E-state index contributed by atoms with van der Waals surface area (Å²) in [6.45, 7) is 1.64. The lowest BCUT2D eigenvalue weighted by atomic mass is 10.1. The lowest BCUT2D eigenvalue weighted by Gasteiger charge is -2.19. The number of hydrogen-bond donors (Lipinski definition) is 2. The highest BCUT2D eigenvalue weighted by molar-refractivity contribution is 6.07. The molecule has 2 aliphatic heterocycles. The smallest absolute Gasteiger partial charge is 0.331 e. The first-order valence-corrected chi connectivity index (χ1v) is 6.65. The van der Waals surface area contributed by atoms with Gasteiger partial charge in [-0.2, -0.15) is 0 Å². The van der Waals surface area contributed by atoms with Gasteiger partial charge in [0, 0.05) is 22.3 Å². The first kappa shape index (κ1) is 11.3. The summed E-state index contributed by atoms with van der Waals surface area (Å²) in [6.07, 6.45) is 2.00. The van der Waals surface area contributed by atoms with E-state index in [4.69, 9.17) is 5.11 Å². The topological polar surface area (TPSA) is 52.3 Å². The molecule has 0 saturated carbocycles. The largest absolute Gasteiger partial charge is 0.478 e. The number of carboxylic acids is 1. The molecule has 4 rings (SSSR count). The van der Waals surface area contributed by atoms with E-state index < -0.39 is 5.97 Å². The first-order valence-electron chi connectivity index (χ1n) is 6.65. The van der Waals surface area contributed by atoms with Crippen molar-refractivity contribution in [3.05, 3.63) is 48.0 Å². The van der Waals surface area contributed by atoms with Gasteiger partial charge in [0.2, 0.25) is 0 Å². The van der Waals surface area contributed by atoms with Gasteiger partial charge in [-0.3, -0.25) is 0 Å². The van der Waals surface area contributed by atoms with Crippen LogP contribution in [0.25, 0.3) is 10.8 Å². The van der Waals surface area contributed by atoms with E-state index in [0.29, 0.717) is 5.57 Å². The Morgan fingerprint density at radius 2 is 2.05 bits per heavy atom. The molecule has 4 nitrogen and oxygen atoms in total. The van der Waals surface area contributed by atoms with E-state index in [0.717, 1.165) is 5.69 Å². The van der Waals surface area contributed by atoms with Crippen LogP contribution in [0, 0.1) is 0 Å². The number of nitrogens with zero attached hydrogens (tertiary/aromatic N) is 1. The Labute approximate surface area is 116 Å². The number of carboxylic acid groups (broad SMARTS) is 1. The summed E-state index contributed by atoms with van der Waals surface area (Å²) in [5.74, 6) is -0.856. The van der Waals surface area contributed by atoms with Gasteiger partial charge in [-0.15, -0.1) is 0 Å². The summed E-state index contributed by atoms with van der Waals surface area (Å²) in [4.78, 5) is 13.2. The SMILES string of the molecule is C/C(=C/C1C2Nc3cccc4cccc(c34)N12)C(=O)O. The molecule has 0 radical (unpaired) electrons. The molecule has 2 unspecified atom stereocenters. The van der Waals surface area contributed by atoms with E-state index in [9.17, 15) is 4.79 Å². The molecule has 2 heterocycles. The molecule has 0 aromatic heterocycles. The van der Waals surface area contributed by atoms with Gasteiger partial charge in [0.1, 0.15) is 6.17 Å². The molecule has 0 bridgehead atoms. The summed E-state index contributed by atoms with van der Waals surface area (Å²) in [7, 11) is 0. The second kappa shape index (κ2) is 3.76. The predicted octanol–water partition coefficient (Wildman–Crippen LogP) is 2.81. The Hall–Kier alpha value is -2.49. The molecule has 100 valence electrons. The lowest BCUT2D eigenvalue weighted by molar-refractivity contribution is -0.132. The molecule has 2 aliphatic rings. The van der Waals surface area contributed by atoms with Gasteiger partial charge < -0.3 is 15.3 Å². The average Bonchev–Trinajstić information content (AvgIpc) is 3.12. The zero-order valence-corrected chi connectivity index (χ0v) is 11.0. The van der Waals surface area contributed by atoms with Crippen LogP contribution in [0.3, 0.4) is 0 Å². The highest BCUT2D eigenvalue weighted by Gasteiger charge is 2.49. The van der Waals surface area contributed by atoms with Crippen LogP contribution in [0.5, 0.6) is 0 Å². The zero-order chi connectivity index (χ0) is 13.9. The second-order valence-corrected chi connectivity index (χ2v) is 5.32. The van der Waals surface area contributed by atoms with Gasteiger partial charge >= 0.3 is 5.97 Å². The van der Waals surface area contributed by atoms with Crippen molar-refractivity contribution in [1.29, 1.82) is 0 Å². The quantitative estimate of drug-likeness (QED) is 0.648. The van der Waals surface area contributed by atoms with Gasteiger partial charge in [0.05, 0.1) is 6.04 Å². The maximum Gasteiger partial charge on any atom is 0.331 e. The number of rotatable bonds is 2. The Morgan fingerprint density at radius 3 is 2.80 bits per heavy atom. The van der Waals surface area contributed by atoms with Crippen LogP contribution >= 0.6 is 0 Å². The molecular formula is C16H14N2O2. The van der Waals surface area contributed by atoms with E-state index in [1.165, 1.54) is 16.5 Å². The number of anilines is 2. The van der Waals surface area contributed by atoms with Crippen molar-refractivity contribution in [2.75, 3.05) is 10.2 Å². The van der Waals surface area contributed by atoms with Crippen molar-refractivity contribution < 1.29 is 9.90 Å². The van der Waals surface area contributed by atoms with Crippen LogP contribution in [0.2, 0.25) is 0 Å². The fourth-order valence-electron chi connectivity index (χ4n) is 3.03. The number of fused-ring (bicyclic) bond motifs is 2. The number of hydrogen-bond acceptors (Lipinski definition) is 3. The normalized spacial score (nSPS) is 23.2. The van der Waals surface area contributed by atoms with Crippen LogP contribution in [-0.2, 0) is 4.79 Å². The van der Waals surface area contributed by atoms with Crippen LogP contribution in [0.4, 0.5) is 11.4 Å². The third-order valence-electron chi connectivity index (χ3n) is 4.08. The zero-order valence-electron chi connectivity index (χ0n) is 11.0. The Kier molecular flexibility index (Phi) is 2.13. The summed E-state index contributed by atoms with van der Waals surface area (Å²) in [5, 5.41) is 14.9. The van der Waals surface area contributed by atoms with Crippen LogP contribution in [0.15, 0.2) is 48.0 Å². The van der Waals surface area contributed by atoms with Crippen molar-refractivity contribution in [3.8, 4) is 0 Å². The summed E-state index contributed by atoms with van der Waals surface area (Å²) < 4.78 is 0. The maximum atomic E-state index is 11.0. The standard InChI is InChI=1S/C16H14N2O2/c1-9(16(19)20)8-13-15-17-11-6-2-4-10-5-3-7-12(14(10)11)18(13)15/h2-8,13,15,17H,1H3,(H,19,20)/b9-8-. The van der Waals surface area contributed by atoms with Crippen molar-refractivity contribution >= 4 is 28.1 Å². The molecule has 1 saturated heterocycles. The van der Waals surface area contributed by atoms with Crippen LogP contribution in [0.1, 0.15) is 6.92 Å². The van der Waals surface area contributed by atoms with Crippen molar-refractivity contribution in [2.24, 2.45) is 0 Å². The minimum Gasteiger partial charge on any atom is -0.478 e. The maximum absolute atomic E-state index is 11.0. The Bertz CT molecular complexity index is 761. The second-order valence-electron chi connectivity index (χ2n) is 5.32. The number of carbonyl (C=O) groups is 1. The molecule has 2 aromatic rings. The van der Waals surface area contributed by atoms with Crippen LogP contribution in [-0.4, -0.2) is 23.3 Å². The minimum atomic E-state index is -0.856. The molecule has 2 atom stereocenters. The fraction of sp³-hybridized carbons (Fsp3) is 0.188. The number of aliphatic carboxylic acids is 1. The molecule has 20 heavy (non-hydrogen) atoms. The molecule has 4 heteroatoms. The average molecular weight is 266 g/mol. The van der Waals surface area contributed by atoms with Gasteiger partial charge in [-0.05, 0) is 30.5 Å². The summed E-state index contributed by atoms with van der Waals surface area (Å²) in [5.41, 5.74) is 2.70. The van der Waals surface area contributed by atoms with Crippen molar-refractivity contribution in [1.82, 2.24) is 0 Å². The minimum absolute atomic E-state index is 0.115. The number of benzene rings is 2. The van der Waals surface area contributed by atoms with E-state index in [1.807, 2.05) is 18.2 Å². The number of nitrogens with one attached hydrogen (secondary N) is 1. The molecule has 0 aliphatic carbocycles. The summed E-state index contributed by atoms with van der Waals surface area (Å²) >= 11 is 0. The Morgan fingerprint density at radius 1 is 1.30 bits per heavy atom. The van der Waals surface area contributed by atoms with Gasteiger partial charge in [-0.25, -0.2) is 4.79 Å². The van der Waals surface area contributed by atoms with Crippen LogP contribution < -0.4 is 10.2 Å².